The summed E-state index contributed by atoms with van der Waals surface area (Å²) in [6.07, 6.45) is 0. The van der Waals surface area contributed by atoms with Crippen LogP contribution in [-0.4, -0.2) is 30.8 Å². The van der Waals surface area contributed by atoms with Crippen molar-refractivity contribution in [3.63, 3.8) is 0 Å². The SMILES string of the molecule is COc1ccc(CN(C)C(=O)CCl)cc1Cl. The molecule has 16 heavy (non-hydrogen) atoms. The third-order valence-electron chi connectivity index (χ3n) is 2.18. The number of halogens is 2. The second-order valence-corrected chi connectivity index (χ2v) is 4.03. The summed E-state index contributed by atoms with van der Waals surface area (Å²) < 4.78 is 5.04. The molecular formula is C11H13Cl2NO2. The number of methoxy groups -OCH3 is 1. The van der Waals surface area contributed by atoms with Gasteiger partial charge in [-0.1, -0.05) is 17.7 Å². The Morgan fingerprint density at radius 2 is 2.19 bits per heavy atom. The maximum absolute atomic E-state index is 11.3. The number of rotatable bonds is 4. The van der Waals surface area contributed by atoms with Gasteiger partial charge in [-0.3, -0.25) is 4.79 Å². The topological polar surface area (TPSA) is 29.5 Å². The van der Waals surface area contributed by atoms with Crippen LogP contribution in [0.4, 0.5) is 0 Å². The van der Waals surface area contributed by atoms with Crippen LogP contribution in [0.5, 0.6) is 5.75 Å². The Labute approximate surface area is 105 Å². The first-order valence-electron chi connectivity index (χ1n) is 4.70. The van der Waals surface area contributed by atoms with Gasteiger partial charge in [-0.2, -0.15) is 0 Å². The summed E-state index contributed by atoms with van der Waals surface area (Å²) >= 11 is 11.4. The molecule has 88 valence electrons. The lowest BCUT2D eigenvalue weighted by Gasteiger charge is -2.16. The zero-order valence-electron chi connectivity index (χ0n) is 9.17. The molecule has 3 nitrogen and oxygen atoms in total. The van der Waals surface area contributed by atoms with Gasteiger partial charge in [-0.25, -0.2) is 0 Å². The Balaban J connectivity index is 2.75. The molecule has 0 spiro atoms. The van der Waals surface area contributed by atoms with Gasteiger partial charge in [-0.05, 0) is 17.7 Å². The number of alkyl halides is 1. The number of ether oxygens (including phenoxy) is 1. The van der Waals surface area contributed by atoms with Crippen LogP contribution < -0.4 is 4.74 Å². The highest BCUT2D eigenvalue weighted by Crippen LogP contribution is 2.25. The lowest BCUT2D eigenvalue weighted by molar-refractivity contribution is -0.127. The molecule has 0 saturated carbocycles. The van der Waals surface area contributed by atoms with Crippen molar-refractivity contribution in [2.45, 2.75) is 6.54 Å². The normalized spacial score (nSPS) is 10.0. The lowest BCUT2D eigenvalue weighted by atomic mass is 10.2. The number of nitrogens with zero attached hydrogens (tertiary/aromatic N) is 1. The number of carbonyl (C=O) groups is 1. The van der Waals surface area contributed by atoms with Crippen LogP contribution in [0.3, 0.4) is 0 Å². The molecule has 0 N–H and O–H groups in total. The Morgan fingerprint density at radius 1 is 1.50 bits per heavy atom. The zero-order valence-corrected chi connectivity index (χ0v) is 10.7. The van der Waals surface area contributed by atoms with Crippen LogP contribution in [0.2, 0.25) is 5.02 Å². The quantitative estimate of drug-likeness (QED) is 0.780. The van der Waals surface area contributed by atoms with Gasteiger partial charge < -0.3 is 9.64 Å². The molecule has 1 aromatic carbocycles. The maximum atomic E-state index is 11.3. The van der Waals surface area contributed by atoms with Crippen molar-refractivity contribution in [2.75, 3.05) is 20.0 Å². The third-order valence-corrected chi connectivity index (χ3v) is 2.70. The molecule has 0 unspecified atom stereocenters. The summed E-state index contributed by atoms with van der Waals surface area (Å²) in [5.41, 5.74) is 0.937. The molecule has 1 rings (SSSR count). The number of amides is 1. The highest BCUT2D eigenvalue weighted by atomic mass is 35.5. The molecule has 0 radical (unpaired) electrons. The van der Waals surface area contributed by atoms with E-state index in [1.165, 1.54) is 0 Å². The minimum Gasteiger partial charge on any atom is -0.495 e. The average Bonchev–Trinajstić information content (AvgIpc) is 2.28. The highest BCUT2D eigenvalue weighted by Gasteiger charge is 2.08. The Morgan fingerprint density at radius 3 is 2.69 bits per heavy atom. The molecule has 0 heterocycles. The van der Waals surface area contributed by atoms with Crippen molar-refractivity contribution < 1.29 is 9.53 Å². The molecule has 0 atom stereocenters. The van der Waals surface area contributed by atoms with E-state index in [4.69, 9.17) is 27.9 Å². The van der Waals surface area contributed by atoms with E-state index in [1.807, 2.05) is 6.07 Å². The molecule has 1 aromatic rings. The van der Waals surface area contributed by atoms with Gasteiger partial charge in [0.2, 0.25) is 5.91 Å². The first kappa shape index (κ1) is 13.1. The van der Waals surface area contributed by atoms with E-state index in [0.29, 0.717) is 17.3 Å². The second-order valence-electron chi connectivity index (χ2n) is 3.35. The van der Waals surface area contributed by atoms with Gasteiger partial charge in [0.15, 0.2) is 0 Å². The summed E-state index contributed by atoms with van der Waals surface area (Å²) in [4.78, 5) is 12.8. The van der Waals surface area contributed by atoms with E-state index in [-0.39, 0.29) is 11.8 Å². The molecule has 0 fully saturated rings. The summed E-state index contributed by atoms with van der Waals surface area (Å²) in [5, 5.41) is 0.534. The molecule has 0 bridgehead atoms. The predicted molar refractivity (Wildman–Crippen MR) is 65.2 cm³/mol. The summed E-state index contributed by atoms with van der Waals surface area (Å²) in [6, 6.07) is 5.41. The Hall–Kier alpha value is -0.930. The molecular weight excluding hydrogens is 249 g/mol. The van der Waals surface area contributed by atoms with Gasteiger partial charge in [0.05, 0.1) is 12.1 Å². The zero-order chi connectivity index (χ0) is 12.1. The van der Waals surface area contributed by atoms with Crippen molar-refractivity contribution in [3.05, 3.63) is 28.8 Å². The van der Waals surface area contributed by atoms with E-state index in [9.17, 15) is 4.79 Å². The summed E-state index contributed by atoms with van der Waals surface area (Å²) in [7, 11) is 3.26. The third kappa shape index (κ3) is 3.29. The molecule has 0 saturated heterocycles. The molecule has 1 amide bonds. The van der Waals surface area contributed by atoms with Crippen LogP contribution in [0, 0.1) is 0 Å². The molecule has 0 aliphatic carbocycles. The van der Waals surface area contributed by atoms with Crippen LogP contribution in [0.1, 0.15) is 5.56 Å². The van der Waals surface area contributed by atoms with Crippen molar-refractivity contribution in [2.24, 2.45) is 0 Å². The molecule has 0 aromatic heterocycles. The predicted octanol–water partition coefficient (Wildman–Crippen LogP) is 2.55. The minimum atomic E-state index is -0.117. The number of hydrogen-bond acceptors (Lipinski definition) is 2. The molecule has 5 heteroatoms. The van der Waals surface area contributed by atoms with Crippen LogP contribution in [-0.2, 0) is 11.3 Å². The van der Waals surface area contributed by atoms with Gasteiger partial charge in [0.25, 0.3) is 0 Å². The van der Waals surface area contributed by atoms with Crippen LogP contribution >= 0.6 is 23.2 Å². The van der Waals surface area contributed by atoms with Gasteiger partial charge in [-0.15, -0.1) is 11.6 Å². The Kier molecular flexibility index (Phi) is 4.90. The van der Waals surface area contributed by atoms with E-state index in [1.54, 1.807) is 31.2 Å². The number of hydrogen-bond donors (Lipinski definition) is 0. The monoisotopic (exact) mass is 261 g/mol. The highest BCUT2D eigenvalue weighted by molar-refractivity contribution is 6.32. The van der Waals surface area contributed by atoms with Crippen molar-refractivity contribution >= 4 is 29.1 Å². The van der Waals surface area contributed by atoms with Crippen LogP contribution in [0.25, 0.3) is 0 Å². The summed E-state index contributed by atoms with van der Waals surface area (Å²) in [5.74, 6) is 0.491. The first-order chi connectivity index (χ1) is 7.58. The van der Waals surface area contributed by atoms with E-state index in [0.717, 1.165) is 5.56 Å². The van der Waals surface area contributed by atoms with Crippen molar-refractivity contribution in [3.8, 4) is 5.75 Å². The fourth-order valence-corrected chi connectivity index (χ4v) is 1.76. The van der Waals surface area contributed by atoms with Gasteiger partial charge >= 0.3 is 0 Å². The molecule has 0 aliphatic rings. The van der Waals surface area contributed by atoms with E-state index in [2.05, 4.69) is 0 Å². The minimum absolute atomic E-state index is 0.0135. The fourth-order valence-electron chi connectivity index (χ4n) is 1.27. The average molecular weight is 262 g/mol. The van der Waals surface area contributed by atoms with Crippen LogP contribution in [0.15, 0.2) is 18.2 Å². The number of carbonyl (C=O) groups excluding carboxylic acids is 1. The standard InChI is InChI=1S/C11H13Cl2NO2/c1-14(11(15)6-12)7-8-3-4-10(16-2)9(13)5-8/h3-5H,6-7H2,1-2H3. The lowest BCUT2D eigenvalue weighted by Crippen LogP contribution is -2.27. The molecule has 0 aliphatic heterocycles. The van der Waals surface area contributed by atoms with E-state index < -0.39 is 0 Å². The smallest absolute Gasteiger partial charge is 0.237 e. The Bertz CT molecular complexity index is 382. The van der Waals surface area contributed by atoms with Crippen molar-refractivity contribution in [1.29, 1.82) is 0 Å². The first-order valence-corrected chi connectivity index (χ1v) is 5.62. The van der Waals surface area contributed by atoms with Crippen molar-refractivity contribution in [1.82, 2.24) is 4.90 Å². The van der Waals surface area contributed by atoms with E-state index >= 15 is 0 Å². The van der Waals surface area contributed by atoms with Gasteiger partial charge in [0.1, 0.15) is 11.6 Å². The van der Waals surface area contributed by atoms with Gasteiger partial charge in [0, 0.05) is 13.6 Å². The summed E-state index contributed by atoms with van der Waals surface area (Å²) in [6.45, 7) is 0.481. The number of benzene rings is 1. The maximum Gasteiger partial charge on any atom is 0.237 e. The fraction of sp³-hybridized carbons (Fsp3) is 0.364. The largest absolute Gasteiger partial charge is 0.495 e. The second kappa shape index (κ2) is 5.97.